The second-order valence-corrected chi connectivity index (χ2v) is 4.71. The first-order valence-electron chi connectivity index (χ1n) is 6.93. The molecule has 0 spiro atoms. The Bertz CT molecular complexity index is 383. The highest BCUT2D eigenvalue weighted by molar-refractivity contribution is 5.50. The van der Waals surface area contributed by atoms with Gasteiger partial charge in [-0.15, -0.1) is 0 Å². The number of anilines is 1. The minimum Gasteiger partial charge on any atom is -0.472 e. The van der Waals surface area contributed by atoms with Crippen LogP contribution in [0.4, 0.5) is 5.82 Å². The standard InChI is InChI=1S/C14H25N3O2/c1-6-15-13-12(10(3)4)14(17-9-16-13)19-11(5)8-18-7-2/h9-11H,6-8H2,1-5H3,(H,15,16,17). The van der Waals surface area contributed by atoms with E-state index in [1.54, 1.807) is 0 Å². The fourth-order valence-corrected chi connectivity index (χ4v) is 1.81. The van der Waals surface area contributed by atoms with E-state index in [2.05, 4.69) is 29.1 Å². The fraction of sp³-hybridized carbons (Fsp3) is 0.714. The van der Waals surface area contributed by atoms with Gasteiger partial charge in [0.15, 0.2) is 0 Å². The van der Waals surface area contributed by atoms with Crippen LogP contribution in [0.5, 0.6) is 5.88 Å². The zero-order valence-corrected chi connectivity index (χ0v) is 12.6. The van der Waals surface area contributed by atoms with Gasteiger partial charge in [0.05, 0.1) is 12.2 Å². The van der Waals surface area contributed by atoms with E-state index in [0.29, 0.717) is 25.0 Å². The number of rotatable bonds is 8. The molecule has 0 aliphatic rings. The highest BCUT2D eigenvalue weighted by Gasteiger charge is 2.17. The molecule has 1 heterocycles. The third-order valence-corrected chi connectivity index (χ3v) is 2.64. The SMILES string of the molecule is CCNc1ncnc(OC(C)COCC)c1C(C)C. The number of hydrogen-bond donors (Lipinski definition) is 1. The van der Waals surface area contributed by atoms with Gasteiger partial charge in [-0.1, -0.05) is 13.8 Å². The van der Waals surface area contributed by atoms with E-state index in [1.165, 1.54) is 6.33 Å². The van der Waals surface area contributed by atoms with Crippen LogP contribution < -0.4 is 10.1 Å². The van der Waals surface area contributed by atoms with Crippen molar-refractivity contribution >= 4 is 5.82 Å². The summed E-state index contributed by atoms with van der Waals surface area (Å²) >= 11 is 0. The van der Waals surface area contributed by atoms with Crippen LogP contribution in [0.15, 0.2) is 6.33 Å². The van der Waals surface area contributed by atoms with Gasteiger partial charge in [0, 0.05) is 13.2 Å². The van der Waals surface area contributed by atoms with Crippen molar-refractivity contribution < 1.29 is 9.47 Å². The summed E-state index contributed by atoms with van der Waals surface area (Å²) in [6.45, 7) is 12.3. The Hall–Kier alpha value is -1.36. The molecule has 0 aliphatic carbocycles. The van der Waals surface area contributed by atoms with Crippen LogP contribution in [0.1, 0.15) is 46.1 Å². The smallest absolute Gasteiger partial charge is 0.222 e. The summed E-state index contributed by atoms with van der Waals surface area (Å²) in [4.78, 5) is 8.55. The highest BCUT2D eigenvalue weighted by atomic mass is 16.5. The van der Waals surface area contributed by atoms with E-state index < -0.39 is 0 Å². The van der Waals surface area contributed by atoms with E-state index in [-0.39, 0.29) is 6.10 Å². The quantitative estimate of drug-likeness (QED) is 0.785. The molecule has 1 unspecified atom stereocenters. The lowest BCUT2D eigenvalue weighted by atomic mass is 10.1. The Labute approximate surface area is 115 Å². The molecule has 108 valence electrons. The lowest BCUT2D eigenvalue weighted by Crippen LogP contribution is -2.21. The molecule has 0 radical (unpaired) electrons. The summed E-state index contributed by atoms with van der Waals surface area (Å²) < 4.78 is 11.2. The molecule has 0 aromatic carbocycles. The van der Waals surface area contributed by atoms with Crippen LogP contribution >= 0.6 is 0 Å². The molecule has 5 nitrogen and oxygen atoms in total. The average molecular weight is 267 g/mol. The average Bonchev–Trinajstić information content (AvgIpc) is 2.36. The van der Waals surface area contributed by atoms with Crippen molar-refractivity contribution in [3.05, 3.63) is 11.9 Å². The predicted octanol–water partition coefficient (Wildman–Crippen LogP) is 2.84. The van der Waals surface area contributed by atoms with Crippen LogP contribution in [-0.2, 0) is 4.74 Å². The number of nitrogens with one attached hydrogen (secondary N) is 1. The molecule has 0 aliphatic heterocycles. The first-order chi connectivity index (χ1) is 9.10. The Balaban J connectivity index is 2.89. The van der Waals surface area contributed by atoms with Crippen LogP contribution in [-0.4, -0.2) is 35.8 Å². The van der Waals surface area contributed by atoms with Crippen LogP contribution in [0.2, 0.25) is 0 Å². The summed E-state index contributed by atoms with van der Waals surface area (Å²) in [5.74, 6) is 1.80. The maximum absolute atomic E-state index is 5.88. The van der Waals surface area contributed by atoms with Crippen molar-refractivity contribution in [1.82, 2.24) is 9.97 Å². The summed E-state index contributed by atoms with van der Waals surface area (Å²) in [6, 6.07) is 0. The molecule has 0 bridgehead atoms. The van der Waals surface area contributed by atoms with Gasteiger partial charge in [0.1, 0.15) is 18.2 Å². The minimum atomic E-state index is -0.0261. The first-order valence-corrected chi connectivity index (χ1v) is 6.93. The Morgan fingerprint density at radius 3 is 2.53 bits per heavy atom. The van der Waals surface area contributed by atoms with Gasteiger partial charge in [-0.05, 0) is 26.7 Å². The van der Waals surface area contributed by atoms with Crippen molar-refractivity contribution in [3.8, 4) is 5.88 Å². The summed E-state index contributed by atoms with van der Waals surface area (Å²) in [5, 5.41) is 3.25. The van der Waals surface area contributed by atoms with Crippen molar-refractivity contribution in [1.29, 1.82) is 0 Å². The van der Waals surface area contributed by atoms with Gasteiger partial charge in [-0.25, -0.2) is 9.97 Å². The molecule has 1 rings (SSSR count). The first kappa shape index (κ1) is 15.7. The number of aromatic nitrogens is 2. The predicted molar refractivity (Wildman–Crippen MR) is 76.9 cm³/mol. The van der Waals surface area contributed by atoms with E-state index in [9.17, 15) is 0 Å². The summed E-state index contributed by atoms with van der Waals surface area (Å²) in [7, 11) is 0. The molecule has 1 atom stereocenters. The highest BCUT2D eigenvalue weighted by Crippen LogP contribution is 2.30. The molecular formula is C14H25N3O2. The Kier molecular flexibility index (Phi) is 6.56. The third-order valence-electron chi connectivity index (χ3n) is 2.64. The molecule has 5 heteroatoms. The second-order valence-electron chi connectivity index (χ2n) is 4.71. The topological polar surface area (TPSA) is 56.3 Å². The molecular weight excluding hydrogens is 242 g/mol. The summed E-state index contributed by atoms with van der Waals surface area (Å²) in [6.07, 6.45) is 1.51. The number of hydrogen-bond acceptors (Lipinski definition) is 5. The van der Waals surface area contributed by atoms with E-state index in [1.807, 2.05) is 20.8 Å². The molecule has 0 saturated heterocycles. The van der Waals surface area contributed by atoms with Gasteiger partial charge < -0.3 is 14.8 Å². The van der Waals surface area contributed by atoms with Crippen molar-refractivity contribution in [2.45, 2.75) is 46.6 Å². The molecule has 1 aromatic rings. The maximum atomic E-state index is 5.88. The largest absolute Gasteiger partial charge is 0.472 e. The third kappa shape index (κ3) is 4.67. The van der Waals surface area contributed by atoms with Gasteiger partial charge in [0.2, 0.25) is 5.88 Å². The van der Waals surface area contributed by atoms with Crippen LogP contribution in [0.25, 0.3) is 0 Å². The van der Waals surface area contributed by atoms with Gasteiger partial charge in [-0.2, -0.15) is 0 Å². The lowest BCUT2D eigenvalue weighted by molar-refractivity contribution is 0.0626. The monoisotopic (exact) mass is 267 g/mol. The Morgan fingerprint density at radius 2 is 1.95 bits per heavy atom. The van der Waals surface area contributed by atoms with Gasteiger partial charge >= 0.3 is 0 Å². The van der Waals surface area contributed by atoms with E-state index in [4.69, 9.17) is 9.47 Å². The molecule has 19 heavy (non-hydrogen) atoms. The molecule has 1 aromatic heterocycles. The maximum Gasteiger partial charge on any atom is 0.222 e. The van der Waals surface area contributed by atoms with Crippen molar-refractivity contribution in [2.75, 3.05) is 25.1 Å². The fourth-order valence-electron chi connectivity index (χ4n) is 1.81. The molecule has 0 amide bonds. The second kappa shape index (κ2) is 7.94. The zero-order chi connectivity index (χ0) is 14.3. The molecule has 1 N–H and O–H groups in total. The normalized spacial score (nSPS) is 12.5. The lowest BCUT2D eigenvalue weighted by Gasteiger charge is -2.19. The van der Waals surface area contributed by atoms with E-state index >= 15 is 0 Å². The zero-order valence-electron chi connectivity index (χ0n) is 12.6. The molecule has 0 saturated carbocycles. The Morgan fingerprint density at radius 1 is 1.21 bits per heavy atom. The van der Waals surface area contributed by atoms with Crippen molar-refractivity contribution in [3.63, 3.8) is 0 Å². The van der Waals surface area contributed by atoms with Gasteiger partial charge in [0.25, 0.3) is 0 Å². The summed E-state index contributed by atoms with van der Waals surface area (Å²) in [5.41, 5.74) is 1.02. The minimum absolute atomic E-state index is 0.0261. The van der Waals surface area contributed by atoms with Crippen LogP contribution in [0.3, 0.4) is 0 Å². The van der Waals surface area contributed by atoms with E-state index in [0.717, 1.165) is 17.9 Å². The number of nitrogens with zero attached hydrogens (tertiary/aromatic N) is 2. The van der Waals surface area contributed by atoms with Gasteiger partial charge in [-0.3, -0.25) is 0 Å². The van der Waals surface area contributed by atoms with Crippen LogP contribution in [0, 0.1) is 0 Å². The number of ether oxygens (including phenoxy) is 2. The van der Waals surface area contributed by atoms with Crippen molar-refractivity contribution in [2.24, 2.45) is 0 Å². The molecule has 0 fully saturated rings.